The second kappa shape index (κ2) is 3.39. The number of hydrogen-bond donors (Lipinski definition) is 4. The van der Waals surface area contributed by atoms with Gasteiger partial charge in [-0.3, -0.25) is 0 Å². The zero-order chi connectivity index (χ0) is 9.30. The molecule has 0 aromatic heterocycles. The molecule has 1 aliphatic heterocycles. The van der Waals surface area contributed by atoms with E-state index in [4.69, 9.17) is 26.8 Å². The maximum atomic E-state index is 9.14. The van der Waals surface area contributed by atoms with E-state index >= 15 is 0 Å². The molecule has 12 heavy (non-hydrogen) atoms. The van der Waals surface area contributed by atoms with E-state index in [1.54, 1.807) is 0 Å². The topological polar surface area (TPSA) is 90.2 Å². The predicted octanol–water partition coefficient (Wildman–Crippen LogP) is -2.58. The summed E-state index contributed by atoms with van der Waals surface area (Å²) in [6.45, 7) is 0. The highest BCUT2D eigenvalue weighted by atomic mass is 16.6. The minimum atomic E-state index is -1.49. The van der Waals surface area contributed by atoms with Gasteiger partial charge in [-0.25, -0.2) is 0 Å². The highest BCUT2D eigenvalue weighted by Crippen LogP contribution is 2.21. The van der Waals surface area contributed by atoms with Crippen molar-refractivity contribution >= 4 is 0 Å². The third-order valence-corrected chi connectivity index (χ3v) is 1.76. The Morgan fingerprint density at radius 1 is 1.25 bits per heavy atom. The fraction of sp³-hybridized carbons (Fsp3) is 0.714. The van der Waals surface area contributed by atoms with Gasteiger partial charge in [0.1, 0.15) is 24.4 Å². The summed E-state index contributed by atoms with van der Waals surface area (Å²) < 4.78 is 4.60. The molecule has 68 valence electrons. The Morgan fingerprint density at radius 3 is 2.17 bits per heavy atom. The van der Waals surface area contributed by atoms with Crippen LogP contribution in [-0.4, -0.2) is 51.1 Å². The van der Waals surface area contributed by atoms with Crippen molar-refractivity contribution in [2.24, 2.45) is 0 Å². The molecule has 0 radical (unpaired) electrons. The third-order valence-electron chi connectivity index (χ3n) is 1.76. The van der Waals surface area contributed by atoms with Gasteiger partial charge in [-0.1, -0.05) is 5.92 Å². The lowest BCUT2D eigenvalue weighted by atomic mass is 10.1. The molecule has 1 fully saturated rings. The molecule has 0 saturated carbocycles. The van der Waals surface area contributed by atoms with Gasteiger partial charge >= 0.3 is 0 Å². The molecule has 1 saturated heterocycles. The summed E-state index contributed by atoms with van der Waals surface area (Å²) in [6, 6.07) is 0. The van der Waals surface area contributed by atoms with Crippen LogP contribution < -0.4 is 0 Å². The summed E-state index contributed by atoms with van der Waals surface area (Å²) in [5, 5.41) is 36.0. The molecular formula is C7H10O5. The third kappa shape index (κ3) is 1.43. The molecular weight excluding hydrogens is 164 g/mol. The van der Waals surface area contributed by atoms with Crippen molar-refractivity contribution in [2.45, 2.75) is 30.7 Å². The quantitative estimate of drug-likeness (QED) is 0.328. The molecule has 5 heteroatoms. The maximum Gasteiger partial charge on any atom is 0.184 e. The number of terminal acetylenes is 1. The Kier molecular flexibility index (Phi) is 2.67. The van der Waals surface area contributed by atoms with Gasteiger partial charge in [-0.05, 0) is 0 Å². The molecule has 0 spiro atoms. The Hall–Kier alpha value is -0.640. The Labute approximate surface area is 69.2 Å². The van der Waals surface area contributed by atoms with Gasteiger partial charge in [0.25, 0.3) is 0 Å². The van der Waals surface area contributed by atoms with Crippen LogP contribution >= 0.6 is 0 Å². The van der Waals surface area contributed by atoms with Crippen molar-refractivity contribution in [3.8, 4) is 12.3 Å². The van der Waals surface area contributed by atoms with E-state index in [1.807, 2.05) is 5.92 Å². The molecule has 0 amide bonds. The lowest BCUT2D eigenvalue weighted by molar-refractivity contribution is -0.139. The fourth-order valence-corrected chi connectivity index (χ4v) is 1.04. The van der Waals surface area contributed by atoms with Crippen LogP contribution in [0.25, 0.3) is 0 Å². The Morgan fingerprint density at radius 2 is 1.83 bits per heavy atom. The van der Waals surface area contributed by atoms with Crippen molar-refractivity contribution in [3.63, 3.8) is 0 Å². The average molecular weight is 174 g/mol. The molecule has 5 nitrogen and oxygen atoms in total. The van der Waals surface area contributed by atoms with Crippen LogP contribution in [0.5, 0.6) is 0 Å². The lowest BCUT2D eigenvalue weighted by Gasteiger charge is -2.15. The summed E-state index contributed by atoms with van der Waals surface area (Å²) in [6.07, 6.45) is -1.87. The first-order valence-corrected chi connectivity index (χ1v) is 3.41. The van der Waals surface area contributed by atoms with E-state index in [0.717, 1.165) is 0 Å². The van der Waals surface area contributed by atoms with Crippen LogP contribution in [0, 0.1) is 12.3 Å². The van der Waals surface area contributed by atoms with Gasteiger partial charge in [0.2, 0.25) is 0 Å². The number of hydrogen-bond acceptors (Lipinski definition) is 5. The van der Waals surface area contributed by atoms with Gasteiger partial charge in [0.15, 0.2) is 6.29 Å². The normalized spacial score (nSPS) is 43.9. The summed E-state index contributed by atoms with van der Waals surface area (Å²) in [5.74, 6) is 1.93. The minimum absolute atomic E-state index is 1.13. The molecule has 0 aromatic carbocycles. The van der Waals surface area contributed by atoms with Gasteiger partial charge in [-0.15, -0.1) is 6.42 Å². The van der Waals surface area contributed by atoms with Crippen molar-refractivity contribution < 1.29 is 25.2 Å². The van der Waals surface area contributed by atoms with E-state index < -0.39 is 30.7 Å². The molecule has 0 bridgehead atoms. The predicted molar refractivity (Wildman–Crippen MR) is 37.7 cm³/mol. The molecule has 4 N–H and O–H groups in total. The zero-order valence-corrected chi connectivity index (χ0v) is 6.16. The molecule has 5 atom stereocenters. The highest BCUT2D eigenvalue weighted by molar-refractivity contribution is 5.03. The number of aliphatic hydroxyl groups excluding tert-OH is 4. The molecule has 1 aliphatic rings. The van der Waals surface area contributed by atoms with Gasteiger partial charge in [0, 0.05) is 0 Å². The average Bonchev–Trinajstić information content (AvgIpc) is 2.32. The van der Waals surface area contributed by atoms with Crippen LogP contribution in [0.4, 0.5) is 0 Å². The molecule has 0 unspecified atom stereocenters. The molecule has 0 aromatic rings. The molecule has 1 rings (SSSR count). The Bertz CT molecular complexity index is 198. The first-order valence-electron chi connectivity index (χ1n) is 3.41. The monoisotopic (exact) mass is 174 g/mol. The minimum Gasteiger partial charge on any atom is -0.387 e. The largest absolute Gasteiger partial charge is 0.387 e. The SMILES string of the molecule is C#C[C@@H](O)[C@H]1O[C@H](O)[C@@H](O)[C@@H]1O. The van der Waals surface area contributed by atoms with Crippen LogP contribution in [0.15, 0.2) is 0 Å². The van der Waals surface area contributed by atoms with E-state index in [-0.39, 0.29) is 0 Å². The summed E-state index contributed by atoms with van der Waals surface area (Å²) in [7, 11) is 0. The van der Waals surface area contributed by atoms with Crippen molar-refractivity contribution in [1.29, 1.82) is 0 Å². The van der Waals surface area contributed by atoms with Crippen molar-refractivity contribution in [3.05, 3.63) is 0 Å². The van der Waals surface area contributed by atoms with E-state index in [0.29, 0.717) is 0 Å². The lowest BCUT2D eigenvalue weighted by Crippen LogP contribution is -2.38. The number of aliphatic hydroxyl groups is 4. The van der Waals surface area contributed by atoms with Crippen LogP contribution in [0.2, 0.25) is 0 Å². The maximum absolute atomic E-state index is 9.14. The van der Waals surface area contributed by atoms with E-state index in [1.165, 1.54) is 0 Å². The standard InChI is InChI=1S/C7H10O5/c1-2-3(8)6-4(9)5(10)7(11)12-6/h1,3-11H/t3-,4+,5+,6-,7+/m1/s1. The zero-order valence-electron chi connectivity index (χ0n) is 6.16. The van der Waals surface area contributed by atoms with E-state index in [9.17, 15) is 0 Å². The van der Waals surface area contributed by atoms with Crippen molar-refractivity contribution in [2.75, 3.05) is 0 Å². The smallest absolute Gasteiger partial charge is 0.184 e. The summed E-state index contributed by atoms with van der Waals surface area (Å²) in [4.78, 5) is 0. The van der Waals surface area contributed by atoms with Gasteiger partial charge < -0.3 is 25.2 Å². The first kappa shape index (κ1) is 9.45. The highest BCUT2D eigenvalue weighted by Gasteiger charge is 2.44. The second-order valence-electron chi connectivity index (χ2n) is 2.58. The van der Waals surface area contributed by atoms with Crippen LogP contribution in [0.1, 0.15) is 0 Å². The summed E-state index contributed by atoms with van der Waals surface area (Å²) >= 11 is 0. The van der Waals surface area contributed by atoms with Crippen LogP contribution in [-0.2, 0) is 4.74 Å². The molecule has 0 aliphatic carbocycles. The van der Waals surface area contributed by atoms with Crippen LogP contribution in [0.3, 0.4) is 0 Å². The summed E-state index contributed by atoms with van der Waals surface area (Å²) in [5.41, 5.74) is 0. The molecule has 1 heterocycles. The van der Waals surface area contributed by atoms with Gasteiger partial charge in [0.05, 0.1) is 0 Å². The van der Waals surface area contributed by atoms with E-state index in [2.05, 4.69) is 4.74 Å². The first-order chi connectivity index (χ1) is 5.57. The van der Waals surface area contributed by atoms with Gasteiger partial charge in [-0.2, -0.15) is 0 Å². The number of ether oxygens (including phenoxy) is 1. The fourth-order valence-electron chi connectivity index (χ4n) is 1.04. The second-order valence-corrected chi connectivity index (χ2v) is 2.58. The number of rotatable bonds is 1. The Balaban J connectivity index is 2.65. The van der Waals surface area contributed by atoms with Crippen molar-refractivity contribution in [1.82, 2.24) is 0 Å².